The lowest BCUT2D eigenvalue weighted by Gasteiger charge is -2.10. The SMILES string of the molecule is C.CC(C)S(C)(=O)=O.CC(O)CNS(=O)(=O)C(C)C.CCCNS(=O)(=O)C(C)C.CCCNS(=O)(=O)C(C)C. The molecule has 12 nitrogen and oxygen atoms in total. The zero-order valence-electron chi connectivity index (χ0n) is 25.3. The van der Waals surface area contributed by atoms with Gasteiger partial charge in [-0.3, -0.25) is 0 Å². The second-order valence-corrected chi connectivity index (χ2v) is 19.2. The predicted molar refractivity (Wildman–Crippen MR) is 165 cm³/mol. The second kappa shape index (κ2) is 23.2. The topological polar surface area (TPSA) is 193 Å². The molecule has 16 heteroatoms. The van der Waals surface area contributed by atoms with Crippen LogP contribution in [0.2, 0.25) is 0 Å². The Morgan fingerprint density at radius 2 is 0.769 bits per heavy atom. The molecule has 0 spiro atoms. The first-order chi connectivity index (χ1) is 16.8. The average Bonchev–Trinajstić information content (AvgIpc) is 2.75. The van der Waals surface area contributed by atoms with E-state index in [0.717, 1.165) is 12.8 Å². The molecular weight excluding hydrogens is 591 g/mol. The minimum absolute atomic E-state index is 0. The molecule has 0 aliphatic heterocycles. The number of aliphatic hydroxyl groups is 1. The summed E-state index contributed by atoms with van der Waals surface area (Å²) in [5.74, 6) is 0. The molecule has 0 radical (unpaired) electrons. The Balaban J connectivity index is -0.000000132. The molecule has 0 aromatic heterocycles. The second-order valence-electron chi connectivity index (χ2n) is 9.65. The molecule has 0 aliphatic carbocycles. The third kappa shape index (κ3) is 30.4. The Morgan fingerprint density at radius 3 is 0.923 bits per heavy atom. The van der Waals surface area contributed by atoms with Crippen LogP contribution in [0.5, 0.6) is 0 Å². The highest BCUT2D eigenvalue weighted by Crippen LogP contribution is 1.96. The molecule has 0 fully saturated rings. The molecule has 0 heterocycles. The number of hydrogen-bond acceptors (Lipinski definition) is 9. The first kappa shape index (κ1) is 48.4. The summed E-state index contributed by atoms with van der Waals surface area (Å²) in [7, 11) is -12.0. The van der Waals surface area contributed by atoms with Crippen LogP contribution in [0.3, 0.4) is 0 Å². The van der Waals surface area contributed by atoms with E-state index in [4.69, 9.17) is 5.11 Å². The van der Waals surface area contributed by atoms with Crippen molar-refractivity contribution in [3.63, 3.8) is 0 Å². The zero-order chi connectivity index (χ0) is 31.5. The van der Waals surface area contributed by atoms with Gasteiger partial charge in [0, 0.05) is 25.9 Å². The van der Waals surface area contributed by atoms with Crippen LogP contribution < -0.4 is 14.2 Å². The summed E-state index contributed by atoms with van der Waals surface area (Å²) in [6.07, 6.45) is 2.28. The van der Waals surface area contributed by atoms with E-state index in [1.807, 2.05) is 13.8 Å². The fourth-order valence-corrected chi connectivity index (χ4v) is 3.68. The molecule has 0 aromatic rings. The van der Waals surface area contributed by atoms with Gasteiger partial charge >= 0.3 is 0 Å². The lowest BCUT2D eigenvalue weighted by molar-refractivity contribution is 0.198. The molecule has 39 heavy (non-hydrogen) atoms. The van der Waals surface area contributed by atoms with Crippen molar-refractivity contribution in [1.29, 1.82) is 0 Å². The van der Waals surface area contributed by atoms with Crippen molar-refractivity contribution in [2.24, 2.45) is 0 Å². The molecule has 0 aliphatic rings. The predicted octanol–water partition coefficient (Wildman–Crippen LogP) is 2.22. The quantitative estimate of drug-likeness (QED) is 0.231. The third-order valence-electron chi connectivity index (χ3n) is 4.40. The minimum Gasteiger partial charge on any atom is -0.392 e. The molecule has 244 valence electrons. The van der Waals surface area contributed by atoms with E-state index in [1.165, 1.54) is 13.2 Å². The van der Waals surface area contributed by atoms with E-state index in [1.54, 1.807) is 55.4 Å². The summed E-state index contributed by atoms with van der Waals surface area (Å²) in [5.41, 5.74) is 0. The van der Waals surface area contributed by atoms with Crippen LogP contribution >= 0.6 is 0 Å². The summed E-state index contributed by atoms with van der Waals surface area (Å²) in [6.45, 7) is 19.7. The van der Waals surface area contributed by atoms with E-state index >= 15 is 0 Å². The molecule has 1 unspecified atom stereocenters. The summed E-state index contributed by atoms with van der Waals surface area (Å²) in [4.78, 5) is 0. The van der Waals surface area contributed by atoms with E-state index in [-0.39, 0.29) is 29.7 Å². The van der Waals surface area contributed by atoms with Crippen LogP contribution in [-0.2, 0) is 39.9 Å². The van der Waals surface area contributed by atoms with E-state index in [2.05, 4.69) is 14.2 Å². The van der Waals surface area contributed by atoms with Crippen molar-refractivity contribution in [3.05, 3.63) is 0 Å². The normalized spacial score (nSPS) is 12.9. The first-order valence-electron chi connectivity index (χ1n) is 12.6. The van der Waals surface area contributed by atoms with Crippen molar-refractivity contribution in [1.82, 2.24) is 14.2 Å². The number of hydrogen-bond donors (Lipinski definition) is 4. The summed E-state index contributed by atoms with van der Waals surface area (Å²) in [5, 5.41) is 7.46. The number of sulfone groups is 1. The molecule has 4 N–H and O–H groups in total. The highest BCUT2D eigenvalue weighted by atomic mass is 32.2. The maximum absolute atomic E-state index is 11.0. The fourth-order valence-electron chi connectivity index (χ4n) is 1.23. The Hall–Kier alpha value is -0.360. The highest BCUT2D eigenvalue weighted by molar-refractivity contribution is 7.91. The van der Waals surface area contributed by atoms with Gasteiger partial charge in [0.05, 0.1) is 27.1 Å². The van der Waals surface area contributed by atoms with Crippen LogP contribution in [0.1, 0.15) is 96.4 Å². The zero-order valence-corrected chi connectivity index (χ0v) is 28.5. The van der Waals surface area contributed by atoms with E-state index < -0.39 is 51.3 Å². The van der Waals surface area contributed by atoms with Crippen LogP contribution in [0.25, 0.3) is 0 Å². The standard InChI is InChI=1S/C6H15NO3S.2C6H15NO2S.C4H10O2S.CH4/c1-5(2)11(9,10)7-4-6(3)8;2*1-4-5-7-10(8,9)6(2)3;1-4(2)7(3,5)6;/h5-8H,4H2,1-3H3;2*6-7H,4-5H2,1-3H3;4H,1-3H3;1H4. The first-order valence-corrected chi connectivity index (χ1v) is 19.2. The Bertz CT molecular complexity index is 963. The van der Waals surface area contributed by atoms with Crippen LogP contribution in [-0.4, -0.2) is 91.8 Å². The smallest absolute Gasteiger partial charge is 0.214 e. The molecule has 1 atom stereocenters. The van der Waals surface area contributed by atoms with Gasteiger partial charge < -0.3 is 5.11 Å². The molecule has 0 saturated heterocycles. The van der Waals surface area contributed by atoms with E-state index in [0.29, 0.717) is 13.1 Å². The maximum Gasteiger partial charge on any atom is 0.214 e. The Labute approximate surface area is 241 Å². The van der Waals surface area contributed by atoms with Crippen LogP contribution in [0.15, 0.2) is 0 Å². The largest absolute Gasteiger partial charge is 0.392 e. The third-order valence-corrected chi connectivity index (χ3v) is 11.6. The van der Waals surface area contributed by atoms with Gasteiger partial charge in [0.15, 0.2) is 0 Å². The van der Waals surface area contributed by atoms with Gasteiger partial charge in [-0.1, -0.05) is 21.3 Å². The van der Waals surface area contributed by atoms with Crippen LogP contribution in [0.4, 0.5) is 0 Å². The lowest BCUT2D eigenvalue weighted by Crippen LogP contribution is -2.35. The van der Waals surface area contributed by atoms with Gasteiger partial charge in [-0.15, -0.1) is 0 Å². The Morgan fingerprint density at radius 1 is 0.538 bits per heavy atom. The molecule has 0 saturated carbocycles. The van der Waals surface area contributed by atoms with Crippen LogP contribution in [0, 0.1) is 0 Å². The van der Waals surface area contributed by atoms with Gasteiger partial charge in [-0.25, -0.2) is 47.8 Å². The highest BCUT2D eigenvalue weighted by Gasteiger charge is 2.15. The van der Waals surface area contributed by atoms with Gasteiger partial charge in [0.2, 0.25) is 30.1 Å². The number of aliphatic hydroxyl groups excluding tert-OH is 1. The molecule has 0 amide bonds. The lowest BCUT2D eigenvalue weighted by atomic mass is 10.4. The van der Waals surface area contributed by atoms with Crippen molar-refractivity contribution < 1.29 is 38.8 Å². The fraction of sp³-hybridized carbons (Fsp3) is 1.00. The molecule has 0 aromatic carbocycles. The van der Waals surface area contributed by atoms with Gasteiger partial charge in [-0.2, -0.15) is 0 Å². The average molecular weight is 650 g/mol. The molecule has 0 bridgehead atoms. The number of sulfonamides is 3. The number of nitrogens with one attached hydrogen (secondary N) is 3. The van der Waals surface area contributed by atoms with Crippen molar-refractivity contribution in [2.75, 3.05) is 25.9 Å². The monoisotopic (exact) mass is 649 g/mol. The van der Waals surface area contributed by atoms with Gasteiger partial charge in [0.25, 0.3) is 0 Å². The summed E-state index contributed by atoms with van der Waals surface area (Å²) in [6, 6.07) is 0. The molecule has 0 rings (SSSR count). The van der Waals surface area contributed by atoms with Crippen molar-refractivity contribution in [2.45, 2.75) is 124 Å². The van der Waals surface area contributed by atoms with Crippen molar-refractivity contribution >= 4 is 39.9 Å². The number of rotatable bonds is 13. The summed E-state index contributed by atoms with van der Waals surface area (Å²) < 4.78 is 93.8. The van der Waals surface area contributed by atoms with Gasteiger partial charge in [0.1, 0.15) is 9.84 Å². The Kier molecular flexibility index (Phi) is 28.8. The maximum atomic E-state index is 11.0. The van der Waals surface area contributed by atoms with E-state index in [9.17, 15) is 33.7 Å². The molecular formula is C23H59N3O9S4. The van der Waals surface area contributed by atoms with Crippen molar-refractivity contribution in [3.8, 4) is 0 Å². The minimum atomic E-state index is -3.20. The summed E-state index contributed by atoms with van der Waals surface area (Å²) >= 11 is 0. The van der Waals surface area contributed by atoms with Gasteiger partial charge in [-0.05, 0) is 75.2 Å².